The number of aliphatic hydroxyl groups excluding tert-OH is 1. The number of rotatable bonds is 11. The van der Waals surface area contributed by atoms with Gasteiger partial charge in [0.2, 0.25) is 5.91 Å². The van der Waals surface area contributed by atoms with Crippen molar-refractivity contribution in [3.63, 3.8) is 0 Å². The lowest BCUT2D eigenvalue weighted by Crippen LogP contribution is -2.76. The summed E-state index contributed by atoms with van der Waals surface area (Å²) in [5.74, 6) is -5.06. The molecule has 2 aliphatic rings. The Bertz CT molecular complexity index is 1790. The van der Waals surface area contributed by atoms with E-state index in [4.69, 9.17) is 9.47 Å². The molecule has 0 spiro atoms. The summed E-state index contributed by atoms with van der Waals surface area (Å²) in [7, 11) is 0. The smallest absolute Gasteiger partial charge is 0.339 e. The van der Waals surface area contributed by atoms with Crippen LogP contribution < -0.4 is 0 Å². The van der Waals surface area contributed by atoms with Crippen LogP contribution in [0.5, 0.6) is 0 Å². The Morgan fingerprint density at radius 1 is 0.872 bits per heavy atom. The SMILES string of the molecule is C=C(C)C(C(=O)OCc1ccccc1)N1C(=O)C(N2C(=O)c3ccccc3C2=O)C1/C(C(=O)OCc1ccc([N+](=O)[O-])cc1)=C(\C)O. The van der Waals surface area contributed by atoms with E-state index in [0.717, 1.165) is 11.8 Å². The molecule has 13 nitrogen and oxygen atoms in total. The molecule has 1 N–H and O–H groups in total. The molecule has 3 atom stereocenters. The molecule has 0 bridgehead atoms. The van der Waals surface area contributed by atoms with Gasteiger partial charge in [0, 0.05) is 12.1 Å². The van der Waals surface area contributed by atoms with Crippen molar-refractivity contribution in [2.24, 2.45) is 0 Å². The van der Waals surface area contributed by atoms with E-state index in [9.17, 15) is 39.2 Å². The molecule has 3 aromatic rings. The molecular weight excluding hydrogens is 610 g/mol. The first kappa shape index (κ1) is 32.3. The second-order valence-corrected chi connectivity index (χ2v) is 11.0. The maximum atomic E-state index is 14.0. The zero-order chi connectivity index (χ0) is 34.0. The van der Waals surface area contributed by atoms with Crippen LogP contribution in [-0.2, 0) is 37.1 Å². The van der Waals surface area contributed by atoms with E-state index in [1.54, 1.807) is 42.5 Å². The predicted molar refractivity (Wildman–Crippen MR) is 164 cm³/mol. The van der Waals surface area contributed by atoms with Gasteiger partial charge in [-0.15, -0.1) is 0 Å². The van der Waals surface area contributed by atoms with Crippen molar-refractivity contribution in [1.29, 1.82) is 0 Å². The predicted octanol–water partition coefficient (Wildman–Crippen LogP) is 4.03. The summed E-state index contributed by atoms with van der Waals surface area (Å²) in [5, 5.41) is 21.8. The summed E-state index contributed by atoms with van der Waals surface area (Å²) in [5.41, 5.74) is 0.622. The largest absolute Gasteiger partial charge is 0.512 e. The quantitative estimate of drug-likeness (QED) is 0.0472. The number of β-lactam (4-membered cyclic amide) rings is 1. The highest BCUT2D eigenvalue weighted by Gasteiger charge is 2.62. The van der Waals surface area contributed by atoms with Gasteiger partial charge in [-0.3, -0.25) is 29.4 Å². The number of aliphatic hydroxyl groups is 1. The lowest BCUT2D eigenvalue weighted by atomic mass is 9.83. The van der Waals surface area contributed by atoms with E-state index in [-0.39, 0.29) is 35.6 Å². The van der Waals surface area contributed by atoms with Crippen LogP contribution in [0.2, 0.25) is 0 Å². The highest BCUT2D eigenvalue weighted by Crippen LogP contribution is 2.39. The minimum Gasteiger partial charge on any atom is -0.512 e. The molecule has 3 unspecified atom stereocenters. The van der Waals surface area contributed by atoms with Crippen molar-refractivity contribution in [2.75, 3.05) is 0 Å². The number of likely N-dealkylation sites (tertiary alicyclic amines) is 1. The number of benzene rings is 3. The number of allylic oxidation sites excluding steroid dienone is 1. The fourth-order valence-corrected chi connectivity index (χ4v) is 5.57. The Kier molecular flexibility index (Phi) is 8.99. The van der Waals surface area contributed by atoms with Crippen LogP contribution in [-0.4, -0.2) is 67.6 Å². The van der Waals surface area contributed by atoms with Crippen LogP contribution >= 0.6 is 0 Å². The van der Waals surface area contributed by atoms with Gasteiger partial charge in [0.1, 0.15) is 25.0 Å². The molecule has 5 rings (SSSR count). The summed E-state index contributed by atoms with van der Waals surface area (Å²) in [4.78, 5) is 80.1. The van der Waals surface area contributed by atoms with Gasteiger partial charge in [-0.2, -0.15) is 0 Å². The molecular formula is C34H29N3O10. The summed E-state index contributed by atoms with van der Waals surface area (Å²) in [6.07, 6.45) is 0. The van der Waals surface area contributed by atoms with Crippen LogP contribution in [0.4, 0.5) is 5.69 Å². The average molecular weight is 640 g/mol. The molecule has 2 heterocycles. The van der Waals surface area contributed by atoms with Crippen molar-refractivity contribution in [3.8, 4) is 0 Å². The Hall–Kier alpha value is -6.11. The number of esters is 2. The molecule has 1 fully saturated rings. The number of amides is 3. The minimum absolute atomic E-state index is 0.0493. The van der Waals surface area contributed by atoms with Crippen LogP contribution in [0.1, 0.15) is 45.7 Å². The van der Waals surface area contributed by atoms with E-state index in [1.165, 1.54) is 43.3 Å². The number of nitrogens with zero attached hydrogens (tertiary/aromatic N) is 3. The van der Waals surface area contributed by atoms with Gasteiger partial charge in [-0.05, 0) is 54.8 Å². The first-order valence-electron chi connectivity index (χ1n) is 14.4. The minimum atomic E-state index is -1.63. The Morgan fingerprint density at radius 3 is 1.94 bits per heavy atom. The second-order valence-electron chi connectivity index (χ2n) is 11.0. The van der Waals surface area contributed by atoms with E-state index >= 15 is 0 Å². The molecule has 3 amide bonds. The molecule has 47 heavy (non-hydrogen) atoms. The second kappa shape index (κ2) is 13.1. The van der Waals surface area contributed by atoms with Gasteiger partial charge in [-0.1, -0.05) is 49.0 Å². The Labute approximate surface area is 268 Å². The third-order valence-corrected chi connectivity index (χ3v) is 7.82. The van der Waals surface area contributed by atoms with E-state index < -0.39 is 64.0 Å². The topological polar surface area (TPSA) is 174 Å². The zero-order valence-electron chi connectivity index (χ0n) is 25.3. The lowest BCUT2D eigenvalue weighted by Gasteiger charge is -2.52. The van der Waals surface area contributed by atoms with Gasteiger partial charge in [0.25, 0.3) is 17.5 Å². The Balaban J connectivity index is 1.49. The summed E-state index contributed by atoms with van der Waals surface area (Å²) in [6.45, 7) is 5.95. The van der Waals surface area contributed by atoms with Gasteiger partial charge in [-0.25, -0.2) is 9.59 Å². The summed E-state index contributed by atoms with van der Waals surface area (Å²) in [6, 6.07) is 15.3. The Morgan fingerprint density at radius 2 is 1.40 bits per heavy atom. The van der Waals surface area contributed by atoms with E-state index in [0.29, 0.717) is 16.0 Å². The number of hydrogen-bond acceptors (Lipinski definition) is 10. The summed E-state index contributed by atoms with van der Waals surface area (Å²) < 4.78 is 10.9. The summed E-state index contributed by atoms with van der Waals surface area (Å²) >= 11 is 0. The molecule has 13 heteroatoms. The van der Waals surface area contributed by atoms with Crippen LogP contribution in [0, 0.1) is 10.1 Å². The third kappa shape index (κ3) is 6.10. The number of fused-ring (bicyclic) bond motifs is 1. The first-order chi connectivity index (χ1) is 22.4. The molecule has 0 radical (unpaired) electrons. The van der Waals surface area contributed by atoms with Crippen LogP contribution in [0.15, 0.2) is 102 Å². The number of hydrogen-bond donors (Lipinski definition) is 1. The van der Waals surface area contributed by atoms with Crippen molar-refractivity contribution in [2.45, 2.75) is 45.2 Å². The average Bonchev–Trinajstić information content (AvgIpc) is 3.30. The number of nitro groups is 1. The number of carbonyl (C=O) groups excluding carboxylic acids is 5. The number of imide groups is 1. The number of carbonyl (C=O) groups is 5. The van der Waals surface area contributed by atoms with E-state index in [1.807, 2.05) is 0 Å². The fraction of sp³-hybridized carbons (Fsp3) is 0.206. The van der Waals surface area contributed by atoms with Gasteiger partial charge >= 0.3 is 11.9 Å². The lowest BCUT2D eigenvalue weighted by molar-refractivity contribution is -0.384. The van der Waals surface area contributed by atoms with Gasteiger partial charge in [0.15, 0.2) is 6.04 Å². The van der Waals surface area contributed by atoms with Crippen LogP contribution in [0.3, 0.4) is 0 Å². The molecule has 0 aromatic heterocycles. The zero-order valence-corrected chi connectivity index (χ0v) is 25.3. The molecule has 3 aromatic carbocycles. The highest BCUT2D eigenvalue weighted by molar-refractivity contribution is 6.24. The number of nitro benzene ring substituents is 1. The monoisotopic (exact) mass is 639 g/mol. The maximum absolute atomic E-state index is 14.0. The first-order valence-corrected chi connectivity index (χ1v) is 14.4. The molecule has 0 aliphatic carbocycles. The fourth-order valence-electron chi connectivity index (χ4n) is 5.57. The highest BCUT2D eigenvalue weighted by atomic mass is 16.6. The number of ether oxygens (including phenoxy) is 2. The molecule has 240 valence electrons. The number of non-ortho nitro benzene ring substituents is 1. The van der Waals surface area contributed by atoms with Gasteiger partial charge < -0.3 is 19.5 Å². The third-order valence-electron chi connectivity index (χ3n) is 7.82. The van der Waals surface area contributed by atoms with Crippen molar-refractivity contribution < 1.29 is 43.5 Å². The molecule has 2 aliphatic heterocycles. The van der Waals surface area contributed by atoms with Crippen molar-refractivity contribution in [1.82, 2.24) is 9.80 Å². The maximum Gasteiger partial charge on any atom is 0.339 e. The van der Waals surface area contributed by atoms with Crippen LogP contribution in [0.25, 0.3) is 0 Å². The molecule has 1 saturated heterocycles. The van der Waals surface area contributed by atoms with Gasteiger partial charge in [0.05, 0.1) is 27.7 Å². The normalized spacial score (nSPS) is 18.1. The standard InChI is InChI=1S/C34H29N3O10/c1-19(2)27(34(43)47-17-21-9-5-4-6-10-21)35-28(29(32(35)41)36-30(39)24-11-7-8-12-25(24)31(36)40)26(20(3)38)33(42)46-18-22-13-15-23(16-14-22)37(44)45/h4-16,27-29,38H,1,17-18H2,2-3H3/b26-20-. The van der Waals surface area contributed by atoms with Crippen molar-refractivity contribution >= 4 is 35.3 Å². The van der Waals surface area contributed by atoms with E-state index in [2.05, 4.69) is 6.58 Å². The molecule has 0 saturated carbocycles. The van der Waals surface area contributed by atoms with Crippen molar-refractivity contribution in [3.05, 3.63) is 135 Å².